The summed E-state index contributed by atoms with van der Waals surface area (Å²) in [6, 6.07) is 5.70. The molecular formula is C14H18N2O2S. The molecule has 1 N–H and O–H groups in total. The number of aromatic nitrogens is 2. The zero-order chi connectivity index (χ0) is 14.0. The molecule has 0 aliphatic carbocycles. The number of para-hydroxylation sites is 1. The van der Waals surface area contributed by atoms with E-state index in [0.717, 1.165) is 23.5 Å². The van der Waals surface area contributed by atoms with Crippen molar-refractivity contribution in [2.45, 2.75) is 26.3 Å². The molecule has 0 radical (unpaired) electrons. The molecule has 0 saturated carbocycles. The number of imidazole rings is 1. The van der Waals surface area contributed by atoms with Crippen LogP contribution in [0.3, 0.4) is 0 Å². The number of aryl methyl sites for hydroxylation is 1. The number of carboxylic acids is 1. The lowest BCUT2D eigenvalue weighted by atomic mass is 10.1. The van der Waals surface area contributed by atoms with Crippen molar-refractivity contribution < 1.29 is 9.90 Å². The summed E-state index contributed by atoms with van der Waals surface area (Å²) >= 11 is 1.80. The molecule has 0 bridgehead atoms. The summed E-state index contributed by atoms with van der Waals surface area (Å²) in [6.45, 7) is 4.09. The molecule has 19 heavy (non-hydrogen) atoms. The Labute approximate surface area is 116 Å². The van der Waals surface area contributed by atoms with Crippen LogP contribution in [0.1, 0.15) is 35.6 Å². The second-order valence-corrected chi connectivity index (χ2v) is 5.44. The number of thioether (sulfide) groups is 1. The molecule has 4 nitrogen and oxygen atoms in total. The lowest BCUT2D eigenvalue weighted by Crippen LogP contribution is -2.12. The van der Waals surface area contributed by atoms with Crippen LogP contribution in [0, 0.1) is 6.92 Å². The molecular weight excluding hydrogens is 260 g/mol. The van der Waals surface area contributed by atoms with Gasteiger partial charge in [-0.2, -0.15) is 11.8 Å². The fraction of sp³-hybridized carbons (Fsp3) is 0.429. The number of carboxylic acid groups (broad SMARTS) is 1. The van der Waals surface area contributed by atoms with Crippen molar-refractivity contribution >= 4 is 28.8 Å². The number of benzene rings is 1. The molecule has 2 aromatic rings. The predicted octanol–water partition coefficient (Wildman–Crippen LogP) is 3.36. The first-order chi connectivity index (χ1) is 9.10. The lowest BCUT2D eigenvalue weighted by Gasteiger charge is -2.18. The zero-order valence-corrected chi connectivity index (χ0v) is 12.2. The minimum atomic E-state index is -0.923. The number of carbonyl (C=O) groups is 1. The molecule has 0 aliphatic rings. The number of fused-ring (bicyclic) bond motifs is 1. The molecule has 1 aromatic carbocycles. The van der Waals surface area contributed by atoms with Gasteiger partial charge in [0.25, 0.3) is 0 Å². The van der Waals surface area contributed by atoms with E-state index in [1.807, 2.05) is 13.0 Å². The highest BCUT2D eigenvalue weighted by atomic mass is 32.2. The van der Waals surface area contributed by atoms with E-state index in [0.29, 0.717) is 11.6 Å². The van der Waals surface area contributed by atoms with Gasteiger partial charge in [0.15, 0.2) is 0 Å². The van der Waals surface area contributed by atoms with Gasteiger partial charge in [-0.3, -0.25) is 0 Å². The molecule has 1 aromatic heterocycles. The summed E-state index contributed by atoms with van der Waals surface area (Å²) in [5.74, 6) is 0.956. The van der Waals surface area contributed by atoms with E-state index < -0.39 is 5.97 Å². The highest BCUT2D eigenvalue weighted by Crippen LogP contribution is 2.27. The van der Waals surface area contributed by atoms with Crippen molar-refractivity contribution in [3.8, 4) is 0 Å². The normalized spacial score (nSPS) is 12.8. The van der Waals surface area contributed by atoms with Gasteiger partial charge in [0.2, 0.25) is 0 Å². The minimum absolute atomic E-state index is 0.276. The highest BCUT2D eigenvalue weighted by molar-refractivity contribution is 7.98. The lowest BCUT2D eigenvalue weighted by molar-refractivity contribution is 0.0699. The molecule has 102 valence electrons. The Balaban J connectivity index is 2.65. The van der Waals surface area contributed by atoms with Crippen LogP contribution in [0.5, 0.6) is 0 Å². The first-order valence-electron chi connectivity index (χ1n) is 6.29. The molecule has 1 atom stereocenters. The number of nitrogens with zero attached hydrogens (tertiary/aromatic N) is 2. The van der Waals surface area contributed by atoms with Crippen LogP contribution < -0.4 is 0 Å². The molecule has 5 heteroatoms. The van der Waals surface area contributed by atoms with Gasteiger partial charge < -0.3 is 9.67 Å². The highest BCUT2D eigenvalue weighted by Gasteiger charge is 2.19. The van der Waals surface area contributed by atoms with Gasteiger partial charge in [0, 0.05) is 11.8 Å². The van der Waals surface area contributed by atoms with Crippen LogP contribution in [0.25, 0.3) is 11.0 Å². The average molecular weight is 278 g/mol. The van der Waals surface area contributed by atoms with Gasteiger partial charge in [-0.25, -0.2) is 9.78 Å². The summed E-state index contributed by atoms with van der Waals surface area (Å²) in [5.41, 5.74) is 1.78. The molecule has 0 saturated heterocycles. The minimum Gasteiger partial charge on any atom is -0.478 e. The van der Waals surface area contributed by atoms with Crippen LogP contribution in [0.4, 0.5) is 0 Å². The quantitative estimate of drug-likeness (QED) is 0.911. The Bertz CT molecular complexity index is 607. The second kappa shape index (κ2) is 5.65. The number of rotatable bonds is 5. The van der Waals surface area contributed by atoms with Crippen LogP contribution in [-0.2, 0) is 0 Å². The Morgan fingerprint density at radius 1 is 1.53 bits per heavy atom. The van der Waals surface area contributed by atoms with E-state index in [4.69, 9.17) is 0 Å². The summed E-state index contributed by atoms with van der Waals surface area (Å²) in [4.78, 5) is 15.7. The first-order valence-corrected chi connectivity index (χ1v) is 7.69. The van der Waals surface area contributed by atoms with E-state index >= 15 is 0 Å². The van der Waals surface area contributed by atoms with Crippen LogP contribution in [0.2, 0.25) is 0 Å². The second-order valence-electron chi connectivity index (χ2n) is 4.52. The van der Waals surface area contributed by atoms with E-state index in [2.05, 4.69) is 22.7 Å². The summed E-state index contributed by atoms with van der Waals surface area (Å²) in [6.07, 6.45) is 3.09. The summed E-state index contributed by atoms with van der Waals surface area (Å²) < 4.78 is 2.16. The Hall–Kier alpha value is -1.49. The molecule has 1 heterocycles. The number of aromatic carboxylic acids is 1. The smallest absolute Gasteiger partial charge is 0.337 e. The van der Waals surface area contributed by atoms with E-state index in [1.165, 1.54) is 0 Å². The predicted molar refractivity (Wildman–Crippen MR) is 79.1 cm³/mol. The Morgan fingerprint density at radius 3 is 2.84 bits per heavy atom. The number of hydrogen-bond acceptors (Lipinski definition) is 3. The topological polar surface area (TPSA) is 55.1 Å². The van der Waals surface area contributed by atoms with Crippen molar-refractivity contribution in [1.29, 1.82) is 0 Å². The standard InChI is InChI=1S/C14H18N2O2S/c1-4-10(8-19-3)16-9(2)15-13-11(14(17)18)6-5-7-12(13)16/h5-7,10H,4,8H2,1-3H3,(H,17,18). The fourth-order valence-electron chi connectivity index (χ4n) is 2.43. The largest absolute Gasteiger partial charge is 0.478 e. The maximum atomic E-state index is 11.2. The van der Waals surface area contributed by atoms with Gasteiger partial charge in [0.05, 0.1) is 11.1 Å². The zero-order valence-electron chi connectivity index (χ0n) is 11.4. The molecule has 0 amide bonds. The van der Waals surface area contributed by atoms with Gasteiger partial charge >= 0.3 is 5.97 Å². The third kappa shape index (κ3) is 2.47. The molecule has 0 aliphatic heterocycles. The SMILES string of the molecule is CCC(CSC)n1c(C)nc2c(C(=O)O)cccc21. The van der Waals surface area contributed by atoms with Gasteiger partial charge in [0.1, 0.15) is 11.3 Å². The van der Waals surface area contributed by atoms with Crippen molar-refractivity contribution in [2.75, 3.05) is 12.0 Å². The molecule has 0 spiro atoms. The number of hydrogen-bond donors (Lipinski definition) is 1. The third-order valence-electron chi connectivity index (χ3n) is 3.32. The summed E-state index contributed by atoms with van der Waals surface area (Å²) in [5, 5.41) is 9.23. The van der Waals surface area contributed by atoms with E-state index in [-0.39, 0.29) is 5.56 Å². The third-order valence-corrected chi connectivity index (χ3v) is 4.04. The maximum absolute atomic E-state index is 11.2. The molecule has 0 fully saturated rings. The fourth-order valence-corrected chi connectivity index (χ4v) is 3.20. The van der Waals surface area contributed by atoms with Gasteiger partial charge in [-0.05, 0) is 31.7 Å². The van der Waals surface area contributed by atoms with Gasteiger partial charge in [-0.1, -0.05) is 13.0 Å². The Kier molecular flexibility index (Phi) is 4.14. The van der Waals surface area contributed by atoms with Crippen molar-refractivity contribution in [3.63, 3.8) is 0 Å². The van der Waals surface area contributed by atoms with Crippen LogP contribution >= 0.6 is 11.8 Å². The van der Waals surface area contributed by atoms with Gasteiger partial charge in [-0.15, -0.1) is 0 Å². The average Bonchev–Trinajstić information content (AvgIpc) is 2.71. The monoisotopic (exact) mass is 278 g/mol. The van der Waals surface area contributed by atoms with Crippen LogP contribution in [-0.4, -0.2) is 32.6 Å². The first kappa shape index (κ1) is 13.9. The van der Waals surface area contributed by atoms with E-state index in [9.17, 15) is 9.90 Å². The Morgan fingerprint density at radius 2 is 2.26 bits per heavy atom. The van der Waals surface area contributed by atoms with E-state index in [1.54, 1.807) is 23.9 Å². The summed E-state index contributed by atoms with van der Waals surface area (Å²) in [7, 11) is 0. The molecule has 2 rings (SSSR count). The van der Waals surface area contributed by atoms with Crippen LogP contribution in [0.15, 0.2) is 18.2 Å². The maximum Gasteiger partial charge on any atom is 0.337 e. The van der Waals surface area contributed by atoms with Crippen molar-refractivity contribution in [2.24, 2.45) is 0 Å². The molecule has 1 unspecified atom stereocenters. The van der Waals surface area contributed by atoms with Crippen molar-refractivity contribution in [1.82, 2.24) is 9.55 Å². The van der Waals surface area contributed by atoms with Crippen molar-refractivity contribution in [3.05, 3.63) is 29.6 Å².